The fourth-order valence-corrected chi connectivity index (χ4v) is 2.42. The summed E-state index contributed by atoms with van der Waals surface area (Å²) in [4.78, 5) is 25.8. The van der Waals surface area contributed by atoms with Gasteiger partial charge in [-0.1, -0.05) is 0 Å². The Morgan fingerprint density at radius 3 is 2.48 bits per heavy atom. The molecule has 0 atom stereocenters. The molecular weight excluding hydrogens is 322 g/mol. The van der Waals surface area contributed by atoms with Gasteiger partial charge in [0.25, 0.3) is 0 Å². The van der Waals surface area contributed by atoms with Crippen molar-refractivity contribution < 1.29 is 19.1 Å². The maximum Gasteiger partial charge on any atom is 0.234 e. The molecule has 0 radical (unpaired) electrons. The molecule has 0 aromatic heterocycles. The number of fused-ring (bicyclic) bond motifs is 1. The van der Waals surface area contributed by atoms with Crippen molar-refractivity contribution in [2.45, 2.75) is 32.7 Å². The molecule has 1 aliphatic heterocycles. The third-order valence-electron chi connectivity index (χ3n) is 3.47. The lowest BCUT2D eigenvalue weighted by atomic mass is 10.1. The molecule has 0 saturated heterocycles. The highest BCUT2D eigenvalue weighted by molar-refractivity contribution is 5.91. The smallest absolute Gasteiger partial charge is 0.234 e. The quantitative estimate of drug-likeness (QED) is 0.816. The predicted octanol–water partition coefficient (Wildman–Crippen LogP) is 1.63. The van der Waals surface area contributed by atoms with Gasteiger partial charge < -0.3 is 20.1 Å². The van der Waals surface area contributed by atoms with Crippen molar-refractivity contribution >= 4 is 17.5 Å². The van der Waals surface area contributed by atoms with Crippen LogP contribution in [0.25, 0.3) is 0 Å². The zero-order valence-corrected chi connectivity index (χ0v) is 15.3. The number of hydrogen-bond acceptors (Lipinski definition) is 5. The molecular formula is C18H27N3O4. The van der Waals surface area contributed by atoms with E-state index in [1.54, 1.807) is 18.2 Å². The van der Waals surface area contributed by atoms with E-state index < -0.39 is 0 Å². The molecule has 7 heteroatoms. The molecule has 0 fully saturated rings. The van der Waals surface area contributed by atoms with Gasteiger partial charge in [-0.25, -0.2) is 0 Å². The molecule has 0 saturated carbocycles. The van der Waals surface area contributed by atoms with E-state index in [-0.39, 0.29) is 23.9 Å². The maximum atomic E-state index is 12.1. The van der Waals surface area contributed by atoms with Gasteiger partial charge in [0, 0.05) is 30.3 Å². The second-order valence-electron chi connectivity index (χ2n) is 7.19. The van der Waals surface area contributed by atoms with E-state index in [0.717, 1.165) is 0 Å². The van der Waals surface area contributed by atoms with Crippen LogP contribution in [0.1, 0.15) is 27.2 Å². The number of nitrogens with one attached hydrogen (secondary N) is 2. The summed E-state index contributed by atoms with van der Waals surface area (Å²) in [5.41, 5.74) is 0.412. The number of amides is 2. The predicted molar refractivity (Wildman–Crippen MR) is 96.1 cm³/mol. The first-order valence-electron chi connectivity index (χ1n) is 8.42. The third kappa shape index (κ3) is 6.62. The summed E-state index contributed by atoms with van der Waals surface area (Å²) in [6.07, 6.45) is 0.299. The highest BCUT2D eigenvalue weighted by Gasteiger charge is 2.16. The van der Waals surface area contributed by atoms with Gasteiger partial charge in [-0.15, -0.1) is 0 Å². The molecule has 1 aromatic carbocycles. The van der Waals surface area contributed by atoms with Crippen molar-refractivity contribution in [3.05, 3.63) is 18.2 Å². The topological polar surface area (TPSA) is 79.9 Å². The highest BCUT2D eigenvalue weighted by atomic mass is 16.6. The number of carbonyl (C=O) groups excluding carboxylic acids is 2. The van der Waals surface area contributed by atoms with E-state index in [1.165, 1.54) is 0 Å². The van der Waals surface area contributed by atoms with Crippen LogP contribution in [-0.4, -0.2) is 55.6 Å². The Morgan fingerprint density at radius 2 is 1.80 bits per heavy atom. The van der Waals surface area contributed by atoms with Crippen LogP contribution in [0.15, 0.2) is 18.2 Å². The van der Waals surface area contributed by atoms with Crippen LogP contribution in [0, 0.1) is 0 Å². The Labute approximate surface area is 148 Å². The van der Waals surface area contributed by atoms with Gasteiger partial charge in [0.2, 0.25) is 11.8 Å². The van der Waals surface area contributed by atoms with Crippen molar-refractivity contribution in [3.63, 3.8) is 0 Å². The molecule has 2 N–H and O–H groups in total. The molecule has 0 spiro atoms. The van der Waals surface area contributed by atoms with Crippen LogP contribution in [0.3, 0.4) is 0 Å². The van der Waals surface area contributed by atoms with Crippen LogP contribution in [0.5, 0.6) is 11.5 Å². The van der Waals surface area contributed by atoms with E-state index in [1.807, 2.05) is 32.7 Å². The third-order valence-corrected chi connectivity index (χ3v) is 3.47. The molecule has 1 aromatic rings. The monoisotopic (exact) mass is 349 g/mol. The van der Waals surface area contributed by atoms with Crippen molar-refractivity contribution in [3.8, 4) is 11.5 Å². The molecule has 1 aliphatic rings. The van der Waals surface area contributed by atoms with E-state index in [2.05, 4.69) is 10.6 Å². The summed E-state index contributed by atoms with van der Waals surface area (Å²) in [7, 11) is 1.82. The zero-order chi connectivity index (χ0) is 18.4. The number of carbonyl (C=O) groups is 2. The summed E-state index contributed by atoms with van der Waals surface area (Å²) in [6.45, 7) is 7.60. The summed E-state index contributed by atoms with van der Waals surface area (Å²) >= 11 is 0. The molecule has 0 aliphatic carbocycles. The van der Waals surface area contributed by atoms with Crippen LogP contribution >= 0.6 is 0 Å². The molecule has 7 nitrogen and oxygen atoms in total. The van der Waals surface area contributed by atoms with Gasteiger partial charge in [-0.2, -0.15) is 0 Å². The SMILES string of the molecule is CN(CCC(=O)Nc1ccc2c(c1)OCCO2)CC(=O)NC(C)(C)C. The summed E-state index contributed by atoms with van der Waals surface area (Å²) < 4.78 is 10.9. The molecule has 25 heavy (non-hydrogen) atoms. The van der Waals surface area contributed by atoms with Crippen LogP contribution < -0.4 is 20.1 Å². The normalized spacial score (nSPS) is 13.5. The van der Waals surface area contributed by atoms with Gasteiger partial charge in [0.15, 0.2) is 11.5 Å². The first kappa shape index (κ1) is 19.1. The van der Waals surface area contributed by atoms with Gasteiger partial charge in [-0.3, -0.25) is 14.5 Å². The first-order chi connectivity index (χ1) is 11.7. The second-order valence-corrected chi connectivity index (χ2v) is 7.19. The number of rotatable bonds is 6. The molecule has 1 heterocycles. The average Bonchev–Trinajstić information content (AvgIpc) is 2.51. The maximum absolute atomic E-state index is 12.1. The lowest BCUT2D eigenvalue weighted by Gasteiger charge is -2.23. The Bertz CT molecular complexity index is 625. The lowest BCUT2D eigenvalue weighted by Crippen LogP contribution is -2.45. The van der Waals surface area contributed by atoms with Crippen LogP contribution in [0.4, 0.5) is 5.69 Å². The summed E-state index contributed by atoms with van der Waals surface area (Å²) in [5.74, 6) is 1.16. The largest absolute Gasteiger partial charge is 0.486 e. The molecule has 2 amide bonds. The highest BCUT2D eigenvalue weighted by Crippen LogP contribution is 2.32. The van der Waals surface area contributed by atoms with Gasteiger partial charge in [0.05, 0.1) is 6.54 Å². The van der Waals surface area contributed by atoms with Gasteiger partial charge >= 0.3 is 0 Å². The number of anilines is 1. The van der Waals surface area contributed by atoms with E-state index in [4.69, 9.17) is 9.47 Å². The van der Waals surface area contributed by atoms with Crippen LogP contribution in [0.2, 0.25) is 0 Å². The molecule has 0 unspecified atom stereocenters. The fraction of sp³-hybridized carbons (Fsp3) is 0.556. The second kappa shape index (κ2) is 8.20. The van der Waals surface area contributed by atoms with Gasteiger partial charge in [-0.05, 0) is 40.0 Å². The molecule has 0 bridgehead atoms. The van der Waals surface area contributed by atoms with E-state index in [9.17, 15) is 9.59 Å². The van der Waals surface area contributed by atoms with Crippen molar-refractivity contribution in [1.82, 2.24) is 10.2 Å². The Morgan fingerprint density at radius 1 is 1.12 bits per heavy atom. The number of nitrogens with zero attached hydrogens (tertiary/aromatic N) is 1. The van der Waals surface area contributed by atoms with Crippen LogP contribution in [-0.2, 0) is 9.59 Å². The Hall–Kier alpha value is -2.28. The zero-order valence-electron chi connectivity index (χ0n) is 15.3. The number of hydrogen-bond donors (Lipinski definition) is 2. The number of ether oxygens (including phenoxy) is 2. The number of benzene rings is 1. The lowest BCUT2D eigenvalue weighted by molar-refractivity contribution is -0.124. The standard InChI is InChI=1S/C18H27N3O4/c1-18(2,3)20-17(23)12-21(4)8-7-16(22)19-13-5-6-14-15(11-13)25-10-9-24-14/h5-6,11H,7-10,12H2,1-4H3,(H,19,22)(H,20,23). The molecule has 138 valence electrons. The number of likely N-dealkylation sites (N-methyl/N-ethyl adjacent to an activating group) is 1. The Kier molecular flexibility index (Phi) is 6.25. The van der Waals surface area contributed by atoms with E-state index >= 15 is 0 Å². The minimum atomic E-state index is -0.256. The van der Waals surface area contributed by atoms with Crippen molar-refractivity contribution in [2.24, 2.45) is 0 Å². The molecule has 2 rings (SSSR count). The van der Waals surface area contributed by atoms with E-state index in [0.29, 0.717) is 43.4 Å². The average molecular weight is 349 g/mol. The minimum absolute atomic E-state index is 0.0535. The van der Waals surface area contributed by atoms with Gasteiger partial charge in [0.1, 0.15) is 13.2 Å². The van der Waals surface area contributed by atoms with Crippen molar-refractivity contribution in [2.75, 3.05) is 38.7 Å². The van der Waals surface area contributed by atoms with Crippen molar-refractivity contribution in [1.29, 1.82) is 0 Å². The first-order valence-corrected chi connectivity index (χ1v) is 8.42. The minimum Gasteiger partial charge on any atom is -0.486 e. The summed E-state index contributed by atoms with van der Waals surface area (Å²) in [5, 5.41) is 5.74. The fourth-order valence-electron chi connectivity index (χ4n) is 2.42. The Balaban J connectivity index is 1.76. The summed E-state index contributed by atoms with van der Waals surface area (Å²) in [6, 6.07) is 5.33.